The minimum absolute atomic E-state index is 0.0604. The van der Waals surface area contributed by atoms with Crippen LogP contribution in [0.4, 0.5) is 0 Å². The Morgan fingerprint density at radius 1 is 1.33 bits per heavy atom. The highest BCUT2D eigenvalue weighted by Crippen LogP contribution is 2.10. The molecule has 2 aromatic heterocycles. The quantitative estimate of drug-likeness (QED) is 0.865. The van der Waals surface area contributed by atoms with Gasteiger partial charge in [-0.3, -0.25) is 4.79 Å². The molecule has 0 aromatic carbocycles. The van der Waals surface area contributed by atoms with Crippen LogP contribution in [0.1, 0.15) is 11.8 Å². The first-order valence-electron chi connectivity index (χ1n) is 6.17. The highest BCUT2D eigenvalue weighted by atomic mass is 32.1. The molecule has 1 unspecified atom stereocenters. The van der Waals surface area contributed by atoms with Crippen LogP contribution in [0, 0.1) is 0 Å². The van der Waals surface area contributed by atoms with Crippen molar-refractivity contribution in [3.63, 3.8) is 0 Å². The third-order valence-corrected chi connectivity index (χ3v) is 3.73. The van der Waals surface area contributed by atoms with Gasteiger partial charge in [0.2, 0.25) is 0 Å². The van der Waals surface area contributed by atoms with Crippen LogP contribution < -0.4 is 10.9 Å². The molecule has 0 aliphatic rings. The lowest BCUT2D eigenvalue weighted by atomic mass is 10.2. The lowest BCUT2D eigenvalue weighted by molar-refractivity contribution is 0.509. The topological polar surface area (TPSA) is 34.0 Å². The fourth-order valence-corrected chi connectivity index (χ4v) is 2.71. The van der Waals surface area contributed by atoms with Gasteiger partial charge in [-0.2, -0.15) is 0 Å². The Kier molecular flexibility index (Phi) is 4.73. The lowest BCUT2D eigenvalue weighted by Crippen LogP contribution is -2.33. The van der Waals surface area contributed by atoms with Gasteiger partial charge in [-0.1, -0.05) is 12.1 Å². The van der Waals surface area contributed by atoms with E-state index in [0.717, 1.165) is 13.0 Å². The molecule has 96 valence electrons. The SMILES string of the molecule is CC(Cc1cccs1)NCCn1ccccc1=O. The molecule has 4 heteroatoms. The van der Waals surface area contributed by atoms with Gasteiger partial charge in [0, 0.05) is 36.3 Å². The Labute approximate surface area is 111 Å². The minimum Gasteiger partial charge on any atom is -0.314 e. The van der Waals surface area contributed by atoms with Gasteiger partial charge in [0.25, 0.3) is 5.56 Å². The van der Waals surface area contributed by atoms with Crippen molar-refractivity contribution in [3.8, 4) is 0 Å². The maximum absolute atomic E-state index is 11.5. The van der Waals surface area contributed by atoms with Gasteiger partial charge in [-0.15, -0.1) is 11.3 Å². The van der Waals surface area contributed by atoms with Crippen LogP contribution in [0.5, 0.6) is 0 Å². The Hall–Kier alpha value is -1.39. The van der Waals surface area contributed by atoms with E-state index in [2.05, 4.69) is 29.8 Å². The fraction of sp³-hybridized carbons (Fsp3) is 0.357. The number of thiophene rings is 1. The molecule has 3 nitrogen and oxygen atoms in total. The first-order valence-corrected chi connectivity index (χ1v) is 7.05. The van der Waals surface area contributed by atoms with E-state index in [1.54, 1.807) is 28.0 Å². The van der Waals surface area contributed by atoms with E-state index >= 15 is 0 Å². The molecule has 2 rings (SSSR count). The summed E-state index contributed by atoms with van der Waals surface area (Å²) >= 11 is 1.79. The number of hydrogen-bond donors (Lipinski definition) is 1. The van der Waals surface area contributed by atoms with Crippen LogP contribution in [0.2, 0.25) is 0 Å². The monoisotopic (exact) mass is 262 g/mol. The number of pyridine rings is 1. The average molecular weight is 262 g/mol. The van der Waals surface area contributed by atoms with Crippen LogP contribution in [-0.2, 0) is 13.0 Å². The first kappa shape index (κ1) is 13.1. The maximum atomic E-state index is 11.5. The van der Waals surface area contributed by atoms with E-state index in [9.17, 15) is 4.79 Å². The third kappa shape index (κ3) is 3.82. The van der Waals surface area contributed by atoms with E-state index in [-0.39, 0.29) is 5.56 Å². The lowest BCUT2D eigenvalue weighted by Gasteiger charge is -2.13. The summed E-state index contributed by atoms with van der Waals surface area (Å²) in [4.78, 5) is 12.9. The average Bonchev–Trinajstić information content (AvgIpc) is 2.84. The van der Waals surface area contributed by atoms with Crippen molar-refractivity contribution in [2.24, 2.45) is 0 Å². The molecule has 0 saturated carbocycles. The van der Waals surface area contributed by atoms with Crippen LogP contribution >= 0.6 is 11.3 Å². The zero-order chi connectivity index (χ0) is 12.8. The summed E-state index contributed by atoms with van der Waals surface area (Å²) in [7, 11) is 0. The van der Waals surface area contributed by atoms with Gasteiger partial charge in [0.1, 0.15) is 0 Å². The first-order chi connectivity index (χ1) is 8.75. The van der Waals surface area contributed by atoms with E-state index in [1.165, 1.54) is 4.88 Å². The number of aromatic nitrogens is 1. The molecule has 0 spiro atoms. The molecular weight excluding hydrogens is 244 g/mol. The molecule has 0 aliphatic heterocycles. The summed E-state index contributed by atoms with van der Waals surface area (Å²) in [5.41, 5.74) is 0.0604. The largest absolute Gasteiger partial charge is 0.314 e. The van der Waals surface area contributed by atoms with Crippen molar-refractivity contribution in [1.29, 1.82) is 0 Å². The molecule has 0 saturated heterocycles. The van der Waals surface area contributed by atoms with Gasteiger partial charge in [0.05, 0.1) is 0 Å². The number of hydrogen-bond acceptors (Lipinski definition) is 3. The van der Waals surface area contributed by atoms with E-state index in [1.807, 2.05) is 12.3 Å². The second-order valence-corrected chi connectivity index (χ2v) is 5.40. The highest BCUT2D eigenvalue weighted by molar-refractivity contribution is 7.09. The number of nitrogens with one attached hydrogen (secondary N) is 1. The zero-order valence-corrected chi connectivity index (χ0v) is 11.3. The Bertz CT molecular complexity index is 519. The second kappa shape index (κ2) is 6.52. The van der Waals surface area contributed by atoms with Crippen molar-refractivity contribution in [3.05, 3.63) is 57.1 Å². The zero-order valence-electron chi connectivity index (χ0n) is 10.5. The Morgan fingerprint density at radius 2 is 2.22 bits per heavy atom. The van der Waals surface area contributed by atoms with Crippen molar-refractivity contribution in [2.75, 3.05) is 6.54 Å². The highest BCUT2D eigenvalue weighted by Gasteiger charge is 2.03. The summed E-state index contributed by atoms with van der Waals surface area (Å²) in [5, 5.41) is 5.55. The summed E-state index contributed by atoms with van der Waals surface area (Å²) in [5.74, 6) is 0. The molecule has 18 heavy (non-hydrogen) atoms. The molecule has 1 atom stereocenters. The van der Waals surface area contributed by atoms with Gasteiger partial charge in [-0.25, -0.2) is 0 Å². The summed E-state index contributed by atoms with van der Waals surface area (Å²) in [6, 6.07) is 9.92. The molecule has 0 fully saturated rings. The van der Waals surface area contributed by atoms with Gasteiger partial charge in [-0.05, 0) is 30.9 Å². The third-order valence-electron chi connectivity index (χ3n) is 2.83. The van der Waals surface area contributed by atoms with Crippen molar-refractivity contribution in [2.45, 2.75) is 25.9 Å². The molecule has 0 radical (unpaired) electrons. The molecule has 1 N–H and O–H groups in total. The number of nitrogens with zero attached hydrogens (tertiary/aromatic N) is 1. The summed E-state index contributed by atoms with van der Waals surface area (Å²) < 4.78 is 1.73. The normalized spacial score (nSPS) is 12.5. The van der Waals surface area contributed by atoms with Crippen LogP contribution in [-0.4, -0.2) is 17.2 Å². The minimum atomic E-state index is 0.0604. The molecule has 0 aliphatic carbocycles. The predicted molar refractivity (Wildman–Crippen MR) is 76.2 cm³/mol. The second-order valence-electron chi connectivity index (χ2n) is 4.37. The van der Waals surface area contributed by atoms with Crippen molar-refractivity contribution >= 4 is 11.3 Å². The Morgan fingerprint density at radius 3 is 2.94 bits per heavy atom. The standard InChI is InChI=1S/C14H18N2OS/c1-12(11-13-5-4-10-18-13)15-7-9-16-8-3-2-6-14(16)17/h2-6,8,10,12,15H,7,9,11H2,1H3. The van der Waals surface area contributed by atoms with E-state index in [0.29, 0.717) is 12.6 Å². The molecular formula is C14H18N2OS. The maximum Gasteiger partial charge on any atom is 0.250 e. The van der Waals surface area contributed by atoms with Crippen LogP contribution in [0.3, 0.4) is 0 Å². The molecule has 0 amide bonds. The Balaban J connectivity index is 1.75. The summed E-state index contributed by atoms with van der Waals surface area (Å²) in [6.07, 6.45) is 2.87. The summed E-state index contributed by atoms with van der Waals surface area (Å²) in [6.45, 7) is 3.71. The molecule has 0 bridgehead atoms. The van der Waals surface area contributed by atoms with E-state index in [4.69, 9.17) is 0 Å². The van der Waals surface area contributed by atoms with Crippen molar-refractivity contribution in [1.82, 2.24) is 9.88 Å². The molecule has 2 aromatic rings. The smallest absolute Gasteiger partial charge is 0.250 e. The van der Waals surface area contributed by atoms with Gasteiger partial charge in [0.15, 0.2) is 0 Å². The van der Waals surface area contributed by atoms with Crippen LogP contribution in [0.25, 0.3) is 0 Å². The van der Waals surface area contributed by atoms with Crippen molar-refractivity contribution < 1.29 is 0 Å². The van der Waals surface area contributed by atoms with Gasteiger partial charge >= 0.3 is 0 Å². The van der Waals surface area contributed by atoms with Gasteiger partial charge < -0.3 is 9.88 Å². The molecule has 2 heterocycles. The van der Waals surface area contributed by atoms with Crippen LogP contribution in [0.15, 0.2) is 46.7 Å². The number of rotatable bonds is 6. The fourth-order valence-electron chi connectivity index (χ4n) is 1.88. The van der Waals surface area contributed by atoms with E-state index < -0.39 is 0 Å². The predicted octanol–water partition coefficient (Wildman–Crippen LogP) is 2.13.